The average Bonchev–Trinajstić information content (AvgIpc) is 2.88. The number of benzene rings is 2. The van der Waals surface area contributed by atoms with E-state index < -0.39 is 23.3 Å². The Bertz CT molecular complexity index is 881. The molecule has 0 unspecified atom stereocenters. The molecule has 0 aliphatic rings. The molecule has 2 aromatic carbocycles. The van der Waals surface area contributed by atoms with Gasteiger partial charge >= 0.3 is 0 Å². The molecule has 0 fully saturated rings. The van der Waals surface area contributed by atoms with Crippen LogP contribution in [0.3, 0.4) is 0 Å². The topological polar surface area (TPSA) is 30.7 Å². The summed E-state index contributed by atoms with van der Waals surface area (Å²) in [7, 11) is 1.45. The average molecular weight is 465 g/mol. The molecule has 0 aliphatic heterocycles. The van der Waals surface area contributed by atoms with E-state index in [9.17, 15) is 17.6 Å². The van der Waals surface area contributed by atoms with E-state index in [1.807, 2.05) is 0 Å². The molecule has 0 radical (unpaired) electrons. The first-order valence-corrected chi connectivity index (χ1v) is 8.07. The predicted octanol–water partition coefficient (Wildman–Crippen LogP) is 5.23. The number of hydrogen-bond acceptors (Lipinski definition) is 2. The summed E-state index contributed by atoms with van der Waals surface area (Å²) in [6, 6.07) is 3.81. The SMILES string of the molecule is Cn1c(-c2cc(F)c(Br)cc2F)nnc1-c1cc(F)c(Br)cc1F. The molecule has 124 valence electrons. The Balaban J connectivity index is 2.17. The third-order valence-electron chi connectivity index (χ3n) is 3.38. The predicted molar refractivity (Wildman–Crippen MR) is 87.1 cm³/mol. The van der Waals surface area contributed by atoms with Gasteiger partial charge in [0, 0.05) is 7.05 Å². The van der Waals surface area contributed by atoms with E-state index in [0.717, 1.165) is 24.3 Å². The fraction of sp³-hybridized carbons (Fsp3) is 0.0667. The number of halogens is 6. The molecule has 0 amide bonds. The molecule has 0 saturated carbocycles. The number of aromatic nitrogens is 3. The highest BCUT2D eigenvalue weighted by atomic mass is 79.9. The van der Waals surface area contributed by atoms with Crippen LogP contribution in [-0.4, -0.2) is 14.8 Å². The standard InChI is InChI=1S/C15H7Br2F4N3/c1-24-14(6-2-12(20)8(16)4-10(6)18)22-23-15(24)7-3-13(21)9(17)5-11(7)19/h2-5H,1H3. The van der Waals surface area contributed by atoms with Gasteiger partial charge in [0.15, 0.2) is 11.6 Å². The summed E-state index contributed by atoms with van der Waals surface area (Å²) in [6.07, 6.45) is 0. The zero-order chi connectivity index (χ0) is 17.6. The maximum atomic E-state index is 14.1. The van der Waals surface area contributed by atoms with Gasteiger partial charge in [-0.3, -0.25) is 0 Å². The van der Waals surface area contributed by atoms with Gasteiger partial charge in [0.1, 0.15) is 23.3 Å². The third-order valence-corrected chi connectivity index (χ3v) is 4.59. The Hall–Kier alpha value is -1.74. The minimum Gasteiger partial charge on any atom is -0.310 e. The molecule has 1 aromatic heterocycles. The lowest BCUT2D eigenvalue weighted by molar-refractivity contribution is 0.594. The molecule has 0 atom stereocenters. The van der Waals surface area contributed by atoms with Gasteiger partial charge in [0.25, 0.3) is 0 Å². The summed E-state index contributed by atoms with van der Waals surface area (Å²) < 4.78 is 56.7. The lowest BCUT2D eigenvalue weighted by atomic mass is 10.1. The first kappa shape index (κ1) is 17.1. The lowest BCUT2D eigenvalue weighted by Gasteiger charge is -2.07. The second-order valence-electron chi connectivity index (χ2n) is 4.90. The molecular formula is C15H7Br2F4N3. The van der Waals surface area contributed by atoms with Crippen molar-refractivity contribution in [2.24, 2.45) is 7.05 Å². The minimum absolute atomic E-state index is 0.0170. The van der Waals surface area contributed by atoms with Crippen LogP contribution in [0.5, 0.6) is 0 Å². The van der Waals surface area contributed by atoms with Crippen LogP contribution in [0.4, 0.5) is 17.6 Å². The van der Waals surface area contributed by atoms with E-state index in [1.165, 1.54) is 11.6 Å². The second kappa shape index (κ2) is 6.29. The quantitative estimate of drug-likeness (QED) is 0.384. The highest BCUT2D eigenvalue weighted by Gasteiger charge is 2.20. The smallest absolute Gasteiger partial charge is 0.167 e. The number of rotatable bonds is 2. The summed E-state index contributed by atoms with van der Waals surface area (Å²) in [5.74, 6) is -2.86. The molecular weight excluding hydrogens is 458 g/mol. The van der Waals surface area contributed by atoms with Gasteiger partial charge in [0.2, 0.25) is 0 Å². The Kier molecular flexibility index (Phi) is 4.48. The molecule has 3 aromatic rings. The normalized spacial score (nSPS) is 11.1. The molecule has 3 nitrogen and oxygen atoms in total. The fourth-order valence-corrected chi connectivity index (χ4v) is 2.82. The Morgan fingerprint density at radius 2 is 1.08 bits per heavy atom. The van der Waals surface area contributed by atoms with Gasteiger partial charge in [-0.1, -0.05) is 0 Å². The van der Waals surface area contributed by atoms with Gasteiger partial charge < -0.3 is 4.57 Å². The van der Waals surface area contributed by atoms with Crippen molar-refractivity contribution >= 4 is 31.9 Å². The van der Waals surface area contributed by atoms with E-state index in [4.69, 9.17) is 0 Å². The molecule has 0 spiro atoms. The zero-order valence-corrected chi connectivity index (χ0v) is 15.1. The number of nitrogens with zero attached hydrogens (tertiary/aromatic N) is 3. The first-order valence-electron chi connectivity index (χ1n) is 6.48. The zero-order valence-electron chi connectivity index (χ0n) is 11.9. The fourth-order valence-electron chi connectivity index (χ4n) is 2.19. The van der Waals surface area contributed by atoms with Crippen molar-refractivity contribution in [3.05, 3.63) is 56.5 Å². The van der Waals surface area contributed by atoms with E-state index in [-0.39, 0.29) is 31.7 Å². The summed E-state index contributed by atoms with van der Waals surface area (Å²) in [6.45, 7) is 0. The maximum Gasteiger partial charge on any atom is 0.167 e. The van der Waals surface area contributed by atoms with Crippen LogP contribution in [0.1, 0.15) is 0 Å². The number of hydrogen-bond donors (Lipinski definition) is 0. The third kappa shape index (κ3) is 2.86. The van der Waals surface area contributed by atoms with Crippen molar-refractivity contribution in [3.63, 3.8) is 0 Å². The molecule has 1 heterocycles. The first-order chi connectivity index (χ1) is 11.3. The Morgan fingerprint density at radius 3 is 1.46 bits per heavy atom. The van der Waals surface area contributed by atoms with Crippen molar-refractivity contribution in [2.45, 2.75) is 0 Å². The van der Waals surface area contributed by atoms with Gasteiger partial charge in [-0.2, -0.15) is 0 Å². The molecule has 9 heteroatoms. The van der Waals surface area contributed by atoms with Crippen molar-refractivity contribution in [1.29, 1.82) is 0 Å². The van der Waals surface area contributed by atoms with Crippen LogP contribution in [0, 0.1) is 23.3 Å². The van der Waals surface area contributed by atoms with Crippen molar-refractivity contribution < 1.29 is 17.6 Å². The van der Waals surface area contributed by atoms with Crippen LogP contribution in [0.15, 0.2) is 33.2 Å². The Morgan fingerprint density at radius 1 is 0.708 bits per heavy atom. The molecule has 0 aliphatic carbocycles. The summed E-state index contributed by atoms with van der Waals surface area (Å²) in [4.78, 5) is 0. The highest BCUT2D eigenvalue weighted by Crippen LogP contribution is 2.31. The largest absolute Gasteiger partial charge is 0.310 e. The van der Waals surface area contributed by atoms with Crippen molar-refractivity contribution in [3.8, 4) is 22.8 Å². The van der Waals surface area contributed by atoms with E-state index in [0.29, 0.717) is 0 Å². The van der Waals surface area contributed by atoms with E-state index in [1.54, 1.807) is 0 Å². The minimum atomic E-state index is -0.729. The van der Waals surface area contributed by atoms with Crippen LogP contribution in [-0.2, 0) is 7.05 Å². The summed E-state index contributed by atoms with van der Waals surface area (Å²) in [5, 5.41) is 7.55. The summed E-state index contributed by atoms with van der Waals surface area (Å²) >= 11 is 5.77. The summed E-state index contributed by atoms with van der Waals surface area (Å²) in [5.41, 5.74) is -0.287. The molecule has 24 heavy (non-hydrogen) atoms. The van der Waals surface area contributed by atoms with Crippen LogP contribution < -0.4 is 0 Å². The van der Waals surface area contributed by atoms with Crippen LogP contribution in [0.25, 0.3) is 22.8 Å². The monoisotopic (exact) mass is 463 g/mol. The van der Waals surface area contributed by atoms with Crippen LogP contribution in [0.2, 0.25) is 0 Å². The van der Waals surface area contributed by atoms with Gasteiger partial charge in [-0.15, -0.1) is 10.2 Å². The van der Waals surface area contributed by atoms with Gasteiger partial charge in [-0.05, 0) is 56.1 Å². The van der Waals surface area contributed by atoms with Gasteiger partial charge in [-0.25, -0.2) is 17.6 Å². The van der Waals surface area contributed by atoms with Crippen molar-refractivity contribution in [2.75, 3.05) is 0 Å². The molecule has 0 N–H and O–H groups in total. The lowest BCUT2D eigenvalue weighted by Crippen LogP contribution is -2.00. The molecule has 0 bridgehead atoms. The van der Waals surface area contributed by atoms with E-state index in [2.05, 4.69) is 42.1 Å². The van der Waals surface area contributed by atoms with Crippen molar-refractivity contribution in [1.82, 2.24) is 14.8 Å². The Labute approximate surface area is 150 Å². The van der Waals surface area contributed by atoms with Gasteiger partial charge in [0.05, 0.1) is 20.1 Å². The molecule has 3 rings (SSSR count). The van der Waals surface area contributed by atoms with Crippen LogP contribution >= 0.6 is 31.9 Å². The second-order valence-corrected chi connectivity index (χ2v) is 6.61. The van der Waals surface area contributed by atoms with E-state index >= 15 is 0 Å². The highest BCUT2D eigenvalue weighted by molar-refractivity contribution is 9.10. The molecule has 0 saturated heterocycles. The maximum absolute atomic E-state index is 14.1.